The van der Waals surface area contributed by atoms with E-state index in [1.165, 1.54) is 19.2 Å². The van der Waals surface area contributed by atoms with Crippen LogP contribution in [0.5, 0.6) is 5.75 Å². The molecule has 0 fully saturated rings. The molecule has 0 aliphatic carbocycles. The molecule has 3 N–H and O–H groups in total. The normalized spacial score (nSPS) is 12.1. The first kappa shape index (κ1) is 10.5. The van der Waals surface area contributed by atoms with Crippen LogP contribution in [-0.4, -0.2) is 18.2 Å². The van der Waals surface area contributed by atoms with Crippen LogP contribution >= 0.6 is 0 Å². The van der Waals surface area contributed by atoms with Gasteiger partial charge in [-0.05, 0) is 17.7 Å². The zero-order valence-electron chi connectivity index (χ0n) is 7.93. The number of phenolic OH excluding ortho intramolecular Hbond substituents is 1. The number of phenols is 1. The van der Waals surface area contributed by atoms with E-state index >= 15 is 0 Å². The minimum atomic E-state index is -0.386. The molecule has 4 nitrogen and oxygen atoms in total. The monoisotopic (exact) mass is 195 g/mol. The first-order valence-corrected chi connectivity index (χ1v) is 4.25. The lowest BCUT2D eigenvalue weighted by molar-refractivity contribution is -0.141. The van der Waals surface area contributed by atoms with Gasteiger partial charge in [0.05, 0.1) is 13.5 Å². The van der Waals surface area contributed by atoms with E-state index in [2.05, 4.69) is 4.74 Å². The SMILES string of the molecule is COC(=O)C[C@H](N)c1ccc(O)cc1. The number of hydrogen-bond acceptors (Lipinski definition) is 4. The van der Waals surface area contributed by atoms with Crippen LogP contribution in [-0.2, 0) is 9.53 Å². The van der Waals surface area contributed by atoms with E-state index in [0.29, 0.717) is 0 Å². The Morgan fingerprint density at radius 1 is 1.50 bits per heavy atom. The summed E-state index contributed by atoms with van der Waals surface area (Å²) in [5, 5.41) is 9.03. The van der Waals surface area contributed by atoms with Crippen molar-refractivity contribution in [1.29, 1.82) is 0 Å². The molecule has 1 atom stereocenters. The van der Waals surface area contributed by atoms with Crippen molar-refractivity contribution in [3.63, 3.8) is 0 Å². The van der Waals surface area contributed by atoms with Gasteiger partial charge in [-0.1, -0.05) is 12.1 Å². The molecule has 76 valence electrons. The molecule has 0 aliphatic heterocycles. The van der Waals surface area contributed by atoms with E-state index in [4.69, 9.17) is 10.8 Å². The highest BCUT2D eigenvalue weighted by atomic mass is 16.5. The third kappa shape index (κ3) is 2.74. The van der Waals surface area contributed by atoms with Crippen LogP contribution in [0.4, 0.5) is 0 Å². The van der Waals surface area contributed by atoms with Crippen molar-refractivity contribution in [1.82, 2.24) is 0 Å². The van der Waals surface area contributed by atoms with E-state index in [9.17, 15) is 4.79 Å². The van der Waals surface area contributed by atoms with E-state index < -0.39 is 0 Å². The summed E-state index contributed by atoms with van der Waals surface area (Å²) in [7, 11) is 1.33. The maximum Gasteiger partial charge on any atom is 0.307 e. The average molecular weight is 195 g/mol. The standard InChI is InChI=1S/C10H13NO3/c1-14-10(13)6-9(11)7-2-4-8(12)5-3-7/h2-5,9,12H,6,11H2,1H3/t9-/m0/s1. The zero-order valence-corrected chi connectivity index (χ0v) is 7.93. The number of methoxy groups -OCH3 is 1. The van der Waals surface area contributed by atoms with Gasteiger partial charge in [-0.2, -0.15) is 0 Å². The molecule has 0 saturated carbocycles. The number of ether oxygens (including phenoxy) is 1. The molecule has 0 radical (unpaired) electrons. The van der Waals surface area contributed by atoms with Crippen LogP contribution in [0.3, 0.4) is 0 Å². The molecule has 4 heteroatoms. The fourth-order valence-corrected chi connectivity index (χ4v) is 1.10. The number of carbonyl (C=O) groups is 1. The summed E-state index contributed by atoms with van der Waals surface area (Å²) in [5.41, 5.74) is 6.54. The largest absolute Gasteiger partial charge is 0.508 e. The van der Waals surface area contributed by atoms with Gasteiger partial charge < -0.3 is 15.6 Å². The van der Waals surface area contributed by atoms with Crippen molar-refractivity contribution in [2.75, 3.05) is 7.11 Å². The van der Waals surface area contributed by atoms with Gasteiger partial charge in [-0.25, -0.2) is 0 Å². The van der Waals surface area contributed by atoms with Gasteiger partial charge in [0, 0.05) is 6.04 Å². The predicted octanol–water partition coefficient (Wildman–Crippen LogP) is 0.955. The zero-order chi connectivity index (χ0) is 10.6. The van der Waals surface area contributed by atoms with Crippen molar-refractivity contribution in [3.8, 4) is 5.75 Å². The van der Waals surface area contributed by atoms with E-state index in [1.807, 2.05) is 0 Å². The lowest BCUT2D eigenvalue weighted by atomic mass is 10.1. The van der Waals surface area contributed by atoms with Crippen molar-refractivity contribution in [2.45, 2.75) is 12.5 Å². The van der Waals surface area contributed by atoms with Crippen LogP contribution in [0.1, 0.15) is 18.0 Å². The number of benzene rings is 1. The summed E-state index contributed by atoms with van der Waals surface area (Å²) < 4.78 is 4.50. The summed E-state index contributed by atoms with van der Waals surface area (Å²) in [5.74, 6) is -0.162. The van der Waals surface area contributed by atoms with Gasteiger partial charge in [0.25, 0.3) is 0 Å². The quantitative estimate of drug-likeness (QED) is 0.704. The fourth-order valence-electron chi connectivity index (χ4n) is 1.10. The molecule has 0 amide bonds. The maximum atomic E-state index is 10.9. The Kier molecular flexibility index (Phi) is 3.48. The number of esters is 1. The molecule has 1 rings (SSSR count). The van der Waals surface area contributed by atoms with E-state index in [0.717, 1.165) is 5.56 Å². The molecule has 0 aromatic heterocycles. The van der Waals surface area contributed by atoms with Gasteiger partial charge in [0.15, 0.2) is 0 Å². The first-order valence-electron chi connectivity index (χ1n) is 4.25. The van der Waals surface area contributed by atoms with Crippen LogP contribution in [0, 0.1) is 0 Å². The van der Waals surface area contributed by atoms with Crippen LogP contribution in [0.15, 0.2) is 24.3 Å². The topological polar surface area (TPSA) is 72.5 Å². The second-order valence-corrected chi connectivity index (χ2v) is 2.98. The number of carbonyl (C=O) groups excluding carboxylic acids is 1. The molecule has 0 heterocycles. The number of nitrogens with two attached hydrogens (primary N) is 1. The Balaban J connectivity index is 2.65. The van der Waals surface area contributed by atoms with Gasteiger partial charge in [0.2, 0.25) is 0 Å². The summed E-state index contributed by atoms with van der Waals surface area (Å²) >= 11 is 0. The maximum absolute atomic E-state index is 10.9. The van der Waals surface area contributed by atoms with E-state index in [1.54, 1.807) is 12.1 Å². The molecular formula is C10H13NO3. The molecule has 0 saturated heterocycles. The minimum Gasteiger partial charge on any atom is -0.508 e. The summed E-state index contributed by atoms with van der Waals surface area (Å²) in [6.07, 6.45) is 0.140. The van der Waals surface area contributed by atoms with Crippen molar-refractivity contribution in [3.05, 3.63) is 29.8 Å². The molecule has 14 heavy (non-hydrogen) atoms. The molecule has 0 unspecified atom stereocenters. The molecule has 1 aromatic carbocycles. The van der Waals surface area contributed by atoms with Crippen LogP contribution < -0.4 is 5.73 Å². The van der Waals surface area contributed by atoms with Crippen LogP contribution in [0.25, 0.3) is 0 Å². The second-order valence-electron chi connectivity index (χ2n) is 2.98. The number of rotatable bonds is 3. The Morgan fingerprint density at radius 2 is 2.07 bits per heavy atom. The lowest BCUT2D eigenvalue weighted by Crippen LogP contribution is -2.16. The minimum absolute atomic E-state index is 0.140. The smallest absolute Gasteiger partial charge is 0.307 e. The Labute approximate surface area is 82.3 Å². The average Bonchev–Trinajstić information content (AvgIpc) is 2.18. The van der Waals surface area contributed by atoms with Gasteiger partial charge in [-0.15, -0.1) is 0 Å². The summed E-state index contributed by atoms with van der Waals surface area (Å²) in [4.78, 5) is 10.9. The highest BCUT2D eigenvalue weighted by molar-refractivity contribution is 5.70. The van der Waals surface area contributed by atoms with Crippen molar-refractivity contribution >= 4 is 5.97 Å². The van der Waals surface area contributed by atoms with E-state index in [-0.39, 0.29) is 24.2 Å². The Hall–Kier alpha value is -1.55. The highest BCUT2D eigenvalue weighted by Crippen LogP contribution is 2.17. The predicted molar refractivity (Wildman–Crippen MR) is 51.7 cm³/mol. The molecule has 1 aromatic rings. The van der Waals surface area contributed by atoms with Crippen molar-refractivity contribution < 1.29 is 14.6 Å². The molecular weight excluding hydrogens is 182 g/mol. The Morgan fingerprint density at radius 3 is 2.57 bits per heavy atom. The third-order valence-electron chi connectivity index (χ3n) is 1.94. The molecule has 0 aliphatic rings. The third-order valence-corrected chi connectivity index (χ3v) is 1.94. The fraction of sp³-hybridized carbons (Fsp3) is 0.300. The first-order chi connectivity index (χ1) is 6.63. The van der Waals surface area contributed by atoms with Gasteiger partial charge in [0.1, 0.15) is 5.75 Å². The molecule has 0 spiro atoms. The number of hydrogen-bond donors (Lipinski definition) is 2. The van der Waals surface area contributed by atoms with Crippen molar-refractivity contribution in [2.24, 2.45) is 5.73 Å². The van der Waals surface area contributed by atoms with Crippen LogP contribution in [0.2, 0.25) is 0 Å². The second kappa shape index (κ2) is 4.62. The highest BCUT2D eigenvalue weighted by Gasteiger charge is 2.11. The lowest BCUT2D eigenvalue weighted by Gasteiger charge is -2.10. The number of aromatic hydroxyl groups is 1. The molecule has 0 bridgehead atoms. The Bertz CT molecular complexity index is 308. The van der Waals surface area contributed by atoms with Gasteiger partial charge in [-0.3, -0.25) is 4.79 Å². The summed E-state index contributed by atoms with van der Waals surface area (Å²) in [6, 6.07) is 6.05. The summed E-state index contributed by atoms with van der Waals surface area (Å²) in [6.45, 7) is 0. The van der Waals surface area contributed by atoms with Gasteiger partial charge >= 0.3 is 5.97 Å².